The predicted molar refractivity (Wildman–Crippen MR) is 107 cm³/mol. The van der Waals surface area contributed by atoms with E-state index in [2.05, 4.69) is 0 Å². The summed E-state index contributed by atoms with van der Waals surface area (Å²) < 4.78 is 0. The molecular weight excluding hydrogens is 358 g/mol. The fourth-order valence-electron chi connectivity index (χ4n) is 3.45. The first kappa shape index (κ1) is 19.9. The van der Waals surface area contributed by atoms with Crippen LogP contribution in [0.1, 0.15) is 31.2 Å². The van der Waals surface area contributed by atoms with Crippen molar-refractivity contribution in [1.82, 2.24) is 4.90 Å². The molecule has 0 unspecified atom stereocenters. The minimum Gasteiger partial charge on any atom is -0.398 e. The summed E-state index contributed by atoms with van der Waals surface area (Å²) in [4.78, 5) is 28.5. The van der Waals surface area contributed by atoms with Crippen LogP contribution < -0.4 is 10.6 Å². The van der Waals surface area contributed by atoms with Gasteiger partial charge in [0, 0.05) is 31.0 Å². The van der Waals surface area contributed by atoms with Gasteiger partial charge in [0.05, 0.1) is 11.5 Å². The van der Waals surface area contributed by atoms with Gasteiger partial charge in [-0.1, -0.05) is 6.07 Å². The maximum Gasteiger partial charge on any atom is 0.236 e. The Bertz CT molecular complexity index is 620. The number of carbonyl (C=O) groups excluding carboxylic acids is 2. The Kier molecular flexibility index (Phi) is 7.44. The molecule has 0 radical (unpaired) electrons. The summed E-state index contributed by atoms with van der Waals surface area (Å²) in [5, 5.41) is 0. The summed E-state index contributed by atoms with van der Waals surface area (Å²) in [6, 6.07) is 5.75. The zero-order valence-electron chi connectivity index (χ0n) is 14.4. The van der Waals surface area contributed by atoms with Gasteiger partial charge in [-0.15, -0.1) is 24.2 Å². The van der Waals surface area contributed by atoms with Crippen LogP contribution in [0.15, 0.2) is 18.2 Å². The lowest BCUT2D eigenvalue weighted by Gasteiger charge is -2.30. The molecule has 138 valence electrons. The molecule has 0 aromatic heterocycles. The van der Waals surface area contributed by atoms with Gasteiger partial charge in [0.15, 0.2) is 0 Å². The van der Waals surface area contributed by atoms with E-state index in [4.69, 9.17) is 5.73 Å². The van der Waals surface area contributed by atoms with Crippen molar-refractivity contribution in [2.75, 3.05) is 41.8 Å². The van der Waals surface area contributed by atoms with E-state index in [1.807, 2.05) is 28.0 Å². The molecule has 0 aliphatic carbocycles. The van der Waals surface area contributed by atoms with Gasteiger partial charge in [-0.3, -0.25) is 9.59 Å². The second-order valence-electron chi connectivity index (χ2n) is 6.43. The molecule has 2 N–H and O–H groups in total. The van der Waals surface area contributed by atoms with Gasteiger partial charge in [-0.2, -0.15) is 0 Å². The third kappa shape index (κ3) is 4.82. The van der Waals surface area contributed by atoms with Crippen molar-refractivity contribution in [2.24, 2.45) is 0 Å². The molecule has 1 saturated heterocycles. The van der Waals surface area contributed by atoms with Crippen molar-refractivity contribution >= 4 is 47.4 Å². The topological polar surface area (TPSA) is 66.6 Å². The fourth-order valence-corrected chi connectivity index (χ4v) is 4.24. The molecule has 0 atom stereocenters. The number of anilines is 2. The van der Waals surface area contributed by atoms with E-state index in [1.54, 1.807) is 0 Å². The lowest BCUT2D eigenvalue weighted by Crippen LogP contribution is -2.38. The first-order valence-corrected chi connectivity index (χ1v) is 9.85. The van der Waals surface area contributed by atoms with Crippen molar-refractivity contribution in [1.29, 1.82) is 0 Å². The van der Waals surface area contributed by atoms with Crippen LogP contribution in [-0.4, -0.2) is 47.9 Å². The molecule has 0 bridgehead atoms. The molecule has 0 spiro atoms. The summed E-state index contributed by atoms with van der Waals surface area (Å²) in [7, 11) is 0. The smallest absolute Gasteiger partial charge is 0.236 e. The van der Waals surface area contributed by atoms with Gasteiger partial charge in [0.25, 0.3) is 0 Å². The molecule has 1 aromatic carbocycles. The average molecular weight is 384 g/mol. The Morgan fingerprint density at radius 1 is 1.00 bits per heavy atom. The first-order chi connectivity index (χ1) is 11.7. The van der Waals surface area contributed by atoms with Gasteiger partial charge in [-0.25, -0.2) is 0 Å². The maximum atomic E-state index is 12.6. The highest BCUT2D eigenvalue weighted by Crippen LogP contribution is 2.31. The third-order valence-electron chi connectivity index (χ3n) is 4.75. The highest BCUT2D eigenvalue weighted by atomic mass is 35.5. The van der Waals surface area contributed by atoms with Crippen LogP contribution in [0, 0.1) is 0 Å². The minimum absolute atomic E-state index is 0. The third-order valence-corrected chi connectivity index (χ3v) is 5.65. The highest BCUT2D eigenvalue weighted by molar-refractivity contribution is 8.00. The van der Waals surface area contributed by atoms with E-state index < -0.39 is 0 Å². The van der Waals surface area contributed by atoms with Crippen LogP contribution in [0.3, 0.4) is 0 Å². The number of likely N-dealkylation sites (tertiary alicyclic amines) is 1. The van der Waals surface area contributed by atoms with Crippen molar-refractivity contribution in [3.63, 3.8) is 0 Å². The van der Waals surface area contributed by atoms with Crippen LogP contribution in [-0.2, 0) is 16.0 Å². The van der Waals surface area contributed by atoms with E-state index in [9.17, 15) is 9.59 Å². The number of thioether (sulfide) groups is 1. The van der Waals surface area contributed by atoms with Crippen molar-refractivity contribution in [3.8, 4) is 0 Å². The van der Waals surface area contributed by atoms with Crippen LogP contribution in [0.2, 0.25) is 0 Å². The van der Waals surface area contributed by atoms with Crippen molar-refractivity contribution < 1.29 is 9.59 Å². The fraction of sp³-hybridized carbons (Fsp3) is 0.556. The molecule has 2 aliphatic heterocycles. The van der Waals surface area contributed by atoms with Crippen LogP contribution in [0.5, 0.6) is 0 Å². The normalized spacial score (nSPS) is 16.8. The van der Waals surface area contributed by atoms with E-state index >= 15 is 0 Å². The van der Waals surface area contributed by atoms with Crippen molar-refractivity contribution in [3.05, 3.63) is 23.8 Å². The number of halogens is 1. The number of nitrogen functional groups attached to an aromatic ring is 1. The standard InChI is InChI=1S/C18H25N3O2S.ClH/c19-15-7-4-8-16-14(15)6-5-11-21(16)18(23)13-24-12-17(22)20-9-2-1-3-10-20;/h4,7-8H,1-3,5-6,9-13,19H2;1H. The molecule has 5 nitrogen and oxygen atoms in total. The monoisotopic (exact) mass is 383 g/mol. The number of hydrogen-bond donors (Lipinski definition) is 1. The van der Waals surface area contributed by atoms with Crippen LogP contribution in [0.25, 0.3) is 0 Å². The van der Waals surface area contributed by atoms with Gasteiger partial charge in [0.1, 0.15) is 0 Å². The van der Waals surface area contributed by atoms with Crippen LogP contribution in [0.4, 0.5) is 11.4 Å². The van der Waals surface area contributed by atoms with Gasteiger partial charge < -0.3 is 15.5 Å². The maximum absolute atomic E-state index is 12.6. The minimum atomic E-state index is 0. The molecule has 0 saturated carbocycles. The summed E-state index contributed by atoms with van der Waals surface area (Å²) in [6.45, 7) is 2.47. The van der Waals surface area contributed by atoms with Gasteiger partial charge in [-0.05, 0) is 49.8 Å². The van der Waals surface area contributed by atoms with Gasteiger partial charge in [0.2, 0.25) is 11.8 Å². The van der Waals surface area contributed by atoms with Crippen molar-refractivity contribution in [2.45, 2.75) is 32.1 Å². The summed E-state index contributed by atoms with van der Waals surface area (Å²) >= 11 is 1.42. The van der Waals surface area contributed by atoms with Crippen LogP contribution >= 0.6 is 24.2 Å². The molecule has 3 rings (SSSR count). The number of benzene rings is 1. The highest BCUT2D eigenvalue weighted by Gasteiger charge is 2.24. The van der Waals surface area contributed by atoms with Gasteiger partial charge >= 0.3 is 0 Å². The average Bonchev–Trinajstić information content (AvgIpc) is 2.62. The molecule has 2 amide bonds. The molecule has 25 heavy (non-hydrogen) atoms. The second-order valence-corrected chi connectivity index (χ2v) is 7.41. The SMILES string of the molecule is Cl.Nc1cccc2c1CCCN2C(=O)CSCC(=O)N1CCCCC1. The van der Waals surface area contributed by atoms with E-state index in [1.165, 1.54) is 18.2 Å². The van der Waals surface area contributed by atoms with E-state index in [-0.39, 0.29) is 24.2 Å². The number of amides is 2. The molecule has 1 aromatic rings. The summed E-state index contributed by atoms with van der Waals surface area (Å²) in [6.07, 6.45) is 5.27. The largest absolute Gasteiger partial charge is 0.398 e. The van der Waals surface area contributed by atoms with E-state index in [0.29, 0.717) is 11.5 Å². The Balaban J connectivity index is 0.00000225. The zero-order valence-corrected chi connectivity index (χ0v) is 16.0. The molecule has 2 aliphatic rings. The lowest BCUT2D eigenvalue weighted by atomic mass is 10.00. The number of rotatable bonds is 4. The molecule has 1 fully saturated rings. The predicted octanol–water partition coefficient (Wildman–Crippen LogP) is 2.72. The number of fused-ring (bicyclic) bond motifs is 1. The zero-order chi connectivity index (χ0) is 16.9. The lowest BCUT2D eigenvalue weighted by molar-refractivity contribution is -0.129. The first-order valence-electron chi connectivity index (χ1n) is 8.70. The number of carbonyl (C=O) groups is 2. The Labute approximate surface area is 159 Å². The molecular formula is C18H26ClN3O2S. The number of hydrogen-bond acceptors (Lipinski definition) is 4. The number of nitrogens with zero attached hydrogens (tertiary/aromatic N) is 2. The summed E-state index contributed by atoms with van der Waals surface area (Å²) in [5.41, 5.74) is 8.81. The van der Waals surface area contributed by atoms with E-state index in [0.717, 1.165) is 62.3 Å². The molecule has 2 heterocycles. The summed E-state index contributed by atoms with van der Waals surface area (Å²) in [5.74, 6) is 0.964. The Morgan fingerprint density at radius 2 is 1.72 bits per heavy atom. The molecule has 7 heteroatoms. The quantitative estimate of drug-likeness (QED) is 0.812. The Morgan fingerprint density at radius 3 is 2.48 bits per heavy atom. The number of nitrogens with two attached hydrogens (primary N) is 1. The number of piperidine rings is 1. The second kappa shape index (κ2) is 9.34. The Hall–Kier alpha value is -1.40.